The molecule has 0 radical (unpaired) electrons. The van der Waals surface area contributed by atoms with E-state index in [9.17, 15) is 0 Å². The molecule has 0 bridgehead atoms. The van der Waals surface area contributed by atoms with Crippen LogP contribution >= 0.6 is 0 Å². The van der Waals surface area contributed by atoms with Gasteiger partial charge in [0.2, 0.25) is 0 Å². The molecule has 0 N–H and O–H groups in total. The van der Waals surface area contributed by atoms with Crippen LogP contribution < -0.4 is 19.6 Å². The summed E-state index contributed by atoms with van der Waals surface area (Å²) in [5.74, 6) is 0. The highest BCUT2D eigenvalue weighted by Gasteiger charge is 2.52. The fraction of sp³-hybridized carbons (Fsp3) is 0.00917. The Bertz CT molecular complexity index is 5730. The highest BCUT2D eigenvalue weighted by Crippen LogP contribution is 2.64. The molecule has 113 heavy (non-hydrogen) atoms. The van der Waals surface area contributed by atoms with Crippen LogP contribution in [0.4, 0.5) is 68.2 Å². The van der Waals surface area contributed by atoms with Gasteiger partial charge < -0.3 is 19.6 Å². The fourth-order valence-corrected chi connectivity index (χ4v) is 17.4. The van der Waals surface area contributed by atoms with E-state index in [4.69, 9.17) is 0 Å². The minimum Gasteiger partial charge on any atom is -0.310 e. The molecular weight excluding hydrogens is 1370 g/mol. The number of para-hydroxylation sites is 4. The van der Waals surface area contributed by atoms with Gasteiger partial charge in [0.15, 0.2) is 0 Å². The predicted octanol–water partition coefficient (Wildman–Crippen LogP) is 29.9. The van der Waals surface area contributed by atoms with Crippen LogP contribution in [0.15, 0.2) is 461 Å². The van der Waals surface area contributed by atoms with Gasteiger partial charge >= 0.3 is 0 Å². The van der Waals surface area contributed by atoms with E-state index in [1.54, 1.807) is 0 Å². The fourth-order valence-electron chi connectivity index (χ4n) is 17.4. The van der Waals surface area contributed by atoms with Crippen LogP contribution in [0.25, 0.3) is 89.0 Å². The van der Waals surface area contributed by atoms with E-state index >= 15 is 0 Å². The second kappa shape index (κ2) is 29.3. The zero-order chi connectivity index (χ0) is 75.0. The summed E-state index contributed by atoms with van der Waals surface area (Å²) in [7, 11) is 0. The lowest BCUT2D eigenvalue weighted by atomic mass is 9.70. The maximum absolute atomic E-state index is 2.54. The highest BCUT2D eigenvalue weighted by molar-refractivity contribution is 5.99. The molecule has 0 saturated heterocycles. The summed E-state index contributed by atoms with van der Waals surface area (Å²) in [6.45, 7) is 0. The van der Waals surface area contributed by atoms with Crippen molar-refractivity contribution in [2.75, 3.05) is 19.6 Å². The van der Waals surface area contributed by atoms with Gasteiger partial charge in [0.05, 0.1) is 5.41 Å². The minimum absolute atomic E-state index is 0.731. The second-order valence-corrected chi connectivity index (χ2v) is 29.2. The van der Waals surface area contributed by atoms with Gasteiger partial charge in [-0.1, -0.05) is 315 Å². The SMILES string of the molecule is c1ccc(-c2ccc(N(c3ccccc3)c3cc(-c4ccc5c(c4)C4(c6ccccc6-c6ccccc64)c4cc(-c6cc(N(c7ccccc7)c7ccc(-c8ccccc8)cc7)cc(N(c7ccccc7)c7ccc(-c8ccccc8)cc7)c6)ccc4-5)cc(N(c4ccccc4)c4ccc(-c5ccccc5)cc4)c3)cc2)cc1. The molecule has 0 unspecified atom stereocenters. The number of rotatable bonds is 18. The Morgan fingerprint density at radius 2 is 0.310 bits per heavy atom. The predicted molar refractivity (Wildman–Crippen MR) is 474 cm³/mol. The van der Waals surface area contributed by atoms with Crippen molar-refractivity contribution < 1.29 is 0 Å². The molecule has 4 heteroatoms. The van der Waals surface area contributed by atoms with E-state index < -0.39 is 5.41 Å². The summed E-state index contributed by atoms with van der Waals surface area (Å²) in [5, 5.41) is 0. The third-order valence-electron chi connectivity index (χ3n) is 22.6. The molecule has 1 spiro atoms. The molecule has 0 heterocycles. The Kier molecular flexibility index (Phi) is 17.5. The standard InChI is InChI=1S/C109H76N4/c1-9-29-77(30-10-1)81-49-59-93(60-50-81)110(89-37-17-5-18-38-89)97-69-87(70-98(75-97)111(90-39-19-6-20-40-90)94-61-51-82(52-62-94)78-31-11-2-12-32-78)85-57-67-103-104-68-58-86(74-108(104)109(107(103)73-85)105-47-27-25-45-101(105)102-46-26-28-48-106(102)109)88-71-99(112(91-41-21-7-22-42-91)95-63-53-83(54-64-95)79-33-13-3-14-34-79)76-100(72-88)113(92-43-23-8-24-44-92)96-65-55-84(56-66-96)80-35-15-4-16-36-80/h1-76H. The number of benzene rings is 18. The summed E-state index contributed by atoms with van der Waals surface area (Å²) in [4.78, 5) is 9.67. The van der Waals surface area contributed by atoms with Crippen molar-refractivity contribution in [1.82, 2.24) is 0 Å². The van der Waals surface area contributed by atoms with Crippen molar-refractivity contribution in [3.8, 4) is 89.0 Å². The second-order valence-electron chi connectivity index (χ2n) is 29.2. The van der Waals surface area contributed by atoms with Crippen molar-refractivity contribution >= 4 is 68.2 Å². The molecule has 0 fully saturated rings. The zero-order valence-corrected chi connectivity index (χ0v) is 62.2. The normalized spacial score (nSPS) is 12.0. The average Bonchev–Trinajstić information content (AvgIpc) is 1.51. The highest BCUT2D eigenvalue weighted by atomic mass is 15.2. The van der Waals surface area contributed by atoms with Crippen LogP contribution in [0.5, 0.6) is 0 Å². The topological polar surface area (TPSA) is 13.0 Å². The molecule has 0 amide bonds. The molecule has 0 aromatic heterocycles. The van der Waals surface area contributed by atoms with Crippen molar-refractivity contribution in [2.45, 2.75) is 5.41 Å². The molecule has 18 aromatic carbocycles. The van der Waals surface area contributed by atoms with Gasteiger partial charge in [-0.25, -0.2) is 0 Å². The zero-order valence-electron chi connectivity index (χ0n) is 62.2. The average molecular weight is 1440 g/mol. The van der Waals surface area contributed by atoms with Gasteiger partial charge in [-0.2, -0.15) is 0 Å². The third kappa shape index (κ3) is 12.5. The van der Waals surface area contributed by atoms with Gasteiger partial charge in [0, 0.05) is 68.2 Å². The van der Waals surface area contributed by atoms with Gasteiger partial charge in [-0.15, -0.1) is 0 Å². The number of hydrogen-bond donors (Lipinski definition) is 0. The summed E-state index contributed by atoms with van der Waals surface area (Å²) in [6.07, 6.45) is 0. The van der Waals surface area contributed by atoms with E-state index in [1.807, 2.05) is 0 Å². The Hall–Kier alpha value is -14.8. The lowest BCUT2D eigenvalue weighted by Gasteiger charge is -2.32. The Labute approximate surface area is 661 Å². The maximum atomic E-state index is 2.54. The first-order valence-corrected chi connectivity index (χ1v) is 38.8. The van der Waals surface area contributed by atoms with Crippen molar-refractivity contribution in [1.29, 1.82) is 0 Å². The largest absolute Gasteiger partial charge is 0.310 e. The monoisotopic (exact) mass is 1440 g/mol. The van der Waals surface area contributed by atoms with Crippen LogP contribution in [-0.2, 0) is 5.41 Å². The van der Waals surface area contributed by atoms with E-state index in [0.29, 0.717) is 0 Å². The number of anilines is 12. The van der Waals surface area contributed by atoms with E-state index in [1.165, 1.54) is 66.8 Å². The van der Waals surface area contributed by atoms with E-state index in [-0.39, 0.29) is 0 Å². The first-order chi connectivity index (χ1) is 56.0. The van der Waals surface area contributed by atoms with Crippen LogP contribution in [0, 0.1) is 0 Å². The van der Waals surface area contributed by atoms with Crippen LogP contribution in [0.1, 0.15) is 22.3 Å². The quantitative estimate of drug-likeness (QED) is 0.0849. The Balaban J connectivity index is 0.795. The summed E-state index contributed by atoms with van der Waals surface area (Å²) in [5.41, 5.74) is 35.4. The first kappa shape index (κ1) is 67.5. The number of fused-ring (bicyclic) bond motifs is 10. The number of hydrogen-bond acceptors (Lipinski definition) is 4. The maximum Gasteiger partial charge on any atom is 0.0725 e. The Morgan fingerprint density at radius 3 is 0.566 bits per heavy atom. The van der Waals surface area contributed by atoms with Crippen molar-refractivity contribution in [3.63, 3.8) is 0 Å². The van der Waals surface area contributed by atoms with Crippen LogP contribution in [0.2, 0.25) is 0 Å². The summed E-state index contributed by atoms with van der Waals surface area (Å²) in [6, 6.07) is 170. The Morgan fingerprint density at radius 1 is 0.115 bits per heavy atom. The molecule has 0 aliphatic heterocycles. The molecule has 0 saturated carbocycles. The van der Waals surface area contributed by atoms with E-state index in [2.05, 4.69) is 481 Å². The lowest BCUT2D eigenvalue weighted by molar-refractivity contribution is 0.794. The van der Waals surface area contributed by atoms with Crippen LogP contribution in [0.3, 0.4) is 0 Å². The molecule has 4 nitrogen and oxygen atoms in total. The molecule has 2 aliphatic carbocycles. The molecule has 18 aromatic rings. The molecule has 0 atom stereocenters. The molecule has 2 aliphatic rings. The van der Waals surface area contributed by atoms with Crippen LogP contribution in [-0.4, -0.2) is 0 Å². The van der Waals surface area contributed by atoms with Gasteiger partial charge in [-0.3, -0.25) is 0 Å². The first-order valence-electron chi connectivity index (χ1n) is 38.8. The summed E-state index contributed by atoms with van der Waals surface area (Å²) >= 11 is 0. The molecule has 20 rings (SSSR count). The van der Waals surface area contributed by atoms with Gasteiger partial charge in [-0.05, 0) is 257 Å². The smallest absolute Gasteiger partial charge is 0.0725 e. The van der Waals surface area contributed by atoms with Crippen molar-refractivity contribution in [3.05, 3.63) is 483 Å². The molecular formula is C109H76N4. The molecule has 532 valence electrons. The number of nitrogens with zero attached hydrogens (tertiary/aromatic N) is 4. The van der Waals surface area contributed by atoms with E-state index in [0.717, 1.165) is 113 Å². The van der Waals surface area contributed by atoms with Crippen molar-refractivity contribution in [2.24, 2.45) is 0 Å². The summed E-state index contributed by atoms with van der Waals surface area (Å²) < 4.78 is 0. The minimum atomic E-state index is -0.731. The lowest BCUT2D eigenvalue weighted by Crippen LogP contribution is -2.26. The van der Waals surface area contributed by atoms with Gasteiger partial charge in [0.1, 0.15) is 0 Å². The third-order valence-corrected chi connectivity index (χ3v) is 22.6. The van der Waals surface area contributed by atoms with Gasteiger partial charge in [0.25, 0.3) is 0 Å².